The number of nitrogens with one attached hydrogen (secondary N) is 1. The first-order chi connectivity index (χ1) is 12.4. The molecule has 0 fully saturated rings. The van der Waals surface area contributed by atoms with Crippen LogP contribution in [0.15, 0.2) is 53.1 Å². The van der Waals surface area contributed by atoms with E-state index in [0.29, 0.717) is 17.3 Å². The summed E-state index contributed by atoms with van der Waals surface area (Å²) < 4.78 is 11.0. The van der Waals surface area contributed by atoms with E-state index in [1.54, 1.807) is 13.0 Å². The summed E-state index contributed by atoms with van der Waals surface area (Å²) in [5.74, 6) is 0.699. The molecule has 0 unspecified atom stereocenters. The maximum absolute atomic E-state index is 12.4. The van der Waals surface area contributed by atoms with Crippen molar-refractivity contribution >= 4 is 11.8 Å². The van der Waals surface area contributed by atoms with Gasteiger partial charge in [0.15, 0.2) is 6.10 Å². The van der Waals surface area contributed by atoms with Gasteiger partial charge in [-0.15, -0.1) is 0 Å². The lowest BCUT2D eigenvalue weighted by Gasteiger charge is -2.16. The van der Waals surface area contributed by atoms with Gasteiger partial charge >= 0.3 is 0 Å². The molecule has 1 amide bonds. The average Bonchev–Trinajstić information content (AvgIpc) is 3.08. The topological polar surface area (TPSA) is 64.4 Å². The summed E-state index contributed by atoms with van der Waals surface area (Å²) in [5.41, 5.74) is 4.91. The number of rotatable bonds is 5. The van der Waals surface area contributed by atoms with Gasteiger partial charge in [-0.05, 0) is 44.9 Å². The molecule has 5 heteroatoms. The largest absolute Gasteiger partial charge is 0.481 e. The molecule has 0 aliphatic rings. The number of benzene rings is 2. The predicted octanol–water partition coefficient (Wildman–Crippen LogP) is 4.67. The van der Waals surface area contributed by atoms with Crippen molar-refractivity contribution in [3.63, 3.8) is 0 Å². The number of amides is 1. The minimum absolute atomic E-state index is 0.294. The van der Waals surface area contributed by atoms with Crippen molar-refractivity contribution in [2.75, 3.05) is 5.32 Å². The molecule has 26 heavy (non-hydrogen) atoms. The summed E-state index contributed by atoms with van der Waals surface area (Å²) in [4.78, 5) is 12.4. The normalized spacial score (nSPS) is 11.8. The number of carbonyl (C=O) groups is 1. The highest BCUT2D eigenvalue weighted by Crippen LogP contribution is 2.24. The number of ether oxygens (including phenoxy) is 1. The number of aromatic nitrogens is 1. The molecule has 0 spiro atoms. The highest BCUT2D eigenvalue weighted by Gasteiger charge is 2.18. The lowest BCUT2D eigenvalue weighted by atomic mass is 10.1. The van der Waals surface area contributed by atoms with E-state index in [4.69, 9.17) is 9.26 Å². The van der Waals surface area contributed by atoms with Crippen molar-refractivity contribution in [2.45, 2.75) is 33.8 Å². The lowest BCUT2D eigenvalue weighted by molar-refractivity contribution is -0.122. The predicted molar refractivity (Wildman–Crippen MR) is 101 cm³/mol. The third kappa shape index (κ3) is 3.94. The molecule has 1 heterocycles. The monoisotopic (exact) mass is 350 g/mol. The van der Waals surface area contributed by atoms with Crippen LogP contribution in [0.2, 0.25) is 0 Å². The van der Waals surface area contributed by atoms with E-state index >= 15 is 0 Å². The smallest absolute Gasteiger partial charge is 0.267 e. The van der Waals surface area contributed by atoms with Crippen molar-refractivity contribution in [1.82, 2.24) is 5.16 Å². The quantitative estimate of drug-likeness (QED) is 0.726. The van der Waals surface area contributed by atoms with Crippen molar-refractivity contribution in [1.29, 1.82) is 0 Å². The zero-order valence-corrected chi connectivity index (χ0v) is 15.4. The molecule has 0 saturated carbocycles. The third-order valence-corrected chi connectivity index (χ3v) is 4.33. The molecule has 0 radical (unpaired) electrons. The van der Waals surface area contributed by atoms with Gasteiger partial charge in [0.2, 0.25) is 5.88 Å². The fourth-order valence-electron chi connectivity index (χ4n) is 2.51. The Morgan fingerprint density at radius 3 is 2.58 bits per heavy atom. The molecular weight excluding hydrogens is 328 g/mol. The minimum atomic E-state index is -0.663. The van der Waals surface area contributed by atoms with Crippen LogP contribution in [0.4, 0.5) is 5.88 Å². The van der Waals surface area contributed by atoms with E-state index in [-0.39, 0.29) is 5.91 Å². The molecule has 1 atom stereocenters. The van der Waals surface area contributed by atoms with Crippen LogP contribution < -0.4 is 10.1 Å². The molecule has 3 rings (SSSR count). The zero-order chi connectivity index (χ0) is 18.7. The first-order valence-electron chi connectivity index (χ1n) is 8.51. The Balaban J connectivity index is 1.66. The van der Waals surface area contributed by atoms with Crippen molar-refractivity contribution in [3.05, 3.63) is 65.2 Å². The molecule has 0 aliphatic heterocycles. The highest BCUT2D eigenvalue weighted by atomic mass is 16.5. The molecule has 3 aromatic rings. The SMILES string of the molecule is Cc1ccc(-c2cc(NC(=O)[C@@H](C)Oc3cccc(C)c3C)on2)cc1. The van der Waals surface area contributed by atoms with E-state index in [1.165, 1.54) is 5.56 Å². The lowest BCUT2D eigenvalue weighted by Crippen LogP contribution is -2.30. The van der Waals surface area contributed by atoms with E-state index < -0.39 is 6.10 Å². The third-order valence-electron chi connectivity index (χ3n) is 4.33. The van der Waals surface area contributed by atoms with Gasteiger partial charge in [0.05, 0.1) is 0 Å². The number of nitrogens with zero attached hydrogens (tertiary/aromatic N) is 1. The average molecular weight is 350 g/mol. The molecule has 0 aliphatic carbocycles. The summed E-state index contributed by atoms with van der Waals surface area (Å²) in [5, 5.41) is 6.71. The van der Waals surface area contributed by atoms with E-state index in [0.717, 1.165) is 16.7 Å². The van der Waals surface area contributed by atoms with Gasteiger partial charge in [0.25, 0.3) is 5.91 Å². The summed E-state index contributed by atoms with van der Waals surface area (Å²) in [6, 6.07) is 15.4. The van der Waals surface area contributed by atoms with Crippen molar-refractivity contribution < 1.29 is 14.1 Å². The minimum Gasteiger partial charge on any atom is -0.481 e. The summed E-state index contributed by atoms with van der Waals surface area (Å²) in [6.45, 7) is 7.71. The van der Waals surface area contributed by atoms with Crippen LogP contribution in [0.3, 0.4) is 0 Å². The molecule has 5 nitrogen and oxygen atoms in total. The standard InChI is InChI=1S/C21H22N2O3/c1-13-8-10-17(11-9-13)18-12-20(26-23-18)22-21(24)16(4)25-19-7-5-6-14(2)15(19)3/h5-12,16H,1-4H3,(H,22,24)/t16-/m1/s1. The molecule has 1 aromatic heterocycles. The van der Waals surface area contributed by atoms with Crippen molar-refractivity contribution in [2.24, 2.45) is 0 Å². The Labute approximate surface area is 153 Å². The van der Waals surface area contributed by atoms with Gasteiger partial charge in [0.1, 0.15) is 11.4 Å². The van der Waals surface area contributed by atoms with E-state index in [9.17, 15) is 4.79 Å². The van der Waals surface area contributed by atoms with Crippen LogP contribution in [-0.2, 0) is 4.79 Å². The van der Waals surface area contributed by atoms with Gasteiger partial charge < -0.3 is 9.26 Å². The first-order valence-corrected chi connectivity index (χ1v) is 8.51. The number of anilines is 1. The molecule has 2 aromatic carbocycles. The Hall–Kier alpha value is -3.08. The van der Waals surface area contributed by atoms with Gasteiger partial charge in [0, 0.05) is 11.6 Å². The zero-order valence-electron chi connectivity index (χ0n) is 15.4. The number of hydrogen-bond donors (Lipinski definition) is 1. The molecule has 0 bridgehead atoms. The Kier molecular flexibility index (Phi) is 5.07. The summed E-state index contributed by atoms with van der Waals surface area (Å²) in [7, 11) is 0. The molecule has 0 saturated heterocycles. The second kappa shape index (κ2) is 7.44. The fourth-order valence-corrected chi connectivity index (χ4v) is 2.51. The Morgan fingerprint density at radius 2 is 1.85 bits per heavy atom. The Bertz CT molecular complexity index is 913. The van der Waals surface area contributed by atoms with Gasteiger partial charge in [-0.3, -0.25) is 10.1 Å². The second-order valence-corrected chi connectivity index (χ2v) is 6.39. The first kappa shape index (κ1) is 17.7. The van der Waals surface area contributed by atoms with E-state index in [2.05, 4.69) is 10.5 Å². The maximum atomic E-state index is 12.4. The maximum Gasteiger partial charge on any atom is 0.267 e. The van der Waals surface area contributed by atoms with Crippen LogP contribution in [0.25, 0.3) is 11.3 Å². The second-order valence-electron chi connectivity index (χ2n) is 6.39. The van der Waals surface area contributed by atoms with E-state index in [1.807, 2.05) is 63.2 Å². The summed E-state index contributed by atoms with van der Waals surface area (Å²) >= 11 is 0. The molecule has 1 N–H and O–H groups in total. The van der Waals surface area contributed by atoms with Crippen LogP contribution >= 0.6 is 0 Å². The summed E-state index contributed by atoms with van der Waals surface area (Å²) in [6.07, 6.45) is -0.663. The fraction of sp³-hybridized carbons (Fsp3) is 0.238. The van der Waals surface area contributed by atoms with Crippen molar-refractivity contribution in [3.8, 4) is 17.0 Å². The van der Waals surface area contributed by atoms with Gasteiger partial charge in [-0.2, -0.15) is 0 Å². The number of hydrogen-bond acceptors (Lipinski definition) is 4. The van der Waals surface area contributed by atoms with Crippen LogP contribution in [0, 0.1) is 20.8 Å². The number of aryl methyl sites for hydroxylation is 2. The van der Waals surface area contributed by atoms with Crippen LogP contribution in [0.1, 0.15) is 23.6 Å². The Morgan fingerprint density at radius 1 is 1.12 bits per heavy atom. The highest BCUT2D eigenvalue weighted by molar-refractivity contribution is 5.93. The molecule has 134 valence electrons. The van der Waals surface area contributed by atoms with Gasteiger partial charge in [-0.25, -0.2) is 0 Å². The van der Waals surface area contributed by atoms with Crippen LogP contribution in [-0.4, -0.2) is 17.2 Å². The molecular formula is C21H22N2O3. The number of carbonyl (C=O) groups excluding carboxylic acids is 1. The van der Waals surface area contributed by atoms with Gasteiger partial charge in [-0.1, -0.05) is 47.1 Å². The van der Waals surface area contributed by atoms with Crippen LogP contribution in [0.5, 0.6) is 5.75 Å².